The van der Waals surface area contributed by atoms with Gasteiger partial charge < -0.3 is 10.1 Å². The fraction of sp³-hybridized carbons (Fsp3) is 0.0909. The molecule has 0 radical (unpaired) electrons. The van der Waals surface area contributed by atoms with Crippen molar-refractivity contribution in [3.05, 3.63) is 57.8 Å². The van der Waals surface area contributed by atoms with Gasteiger partial charge in [-0.05, 0) is 23.8 Å². The van der Waals surface area contributed by atoms with E-state index in [-0.39, 0.29) is 0 Å². The Morgan fingerprint density at radius 1 is 1.07 bits per heavy atom. The molecule has 0 saturated carbocycles. The van der Waals surface area contributed by atoms with Gasteiger partial charge >= 0.3 is 0 Å². The second-order valence-corrected chi connectivity index (χ2v) is 4.03. The molecule has 2 N–H and O–H groups in total. The second-order valence-electron chi connectivity index (χ2n) is 3.22. The Kier molecular flexibility index (Phi) is 3.00. The van der Waals surface area contributed by atoms with Crippen LogP contribution in [0, 0.1) is 0 Å². The Bertz CT molecular complexity index is 454. The fourth-order valence-corrected chi connectivity index (χ4v) is 1.69. The second kappa shape index (κ2) is 4.27. The van der Waals surface area contributed by atoms with Crippen molar-refractivity contribution in [3.63, 3.8) is 0 Å². The van der Waals surface area contributed by atoms with E-state index in [2.05, 4.69) is 4.98 Å². The maximum atomic E-state index is 9.97. The lowest BCUT2D eigenvalue weighted by Gasteiger charge is -2.09. The van der Waals surface area contributed by atoms with Crippen molar-refractivity contribution in [1.29, 1.82) is 0 Å². The Labute approximate surface area is 97.5 Å². The third-order valence-corrected chi connectivity index (χ3v) is 2.94. The monoisotopic (exact) mass is 241 g/mol. The number of H-pyrrole nitrogens is 1. The lowest BCUT2D eigenvalue weighted by molar-refractivity contribution is 0.220. The molecule has 2 rings (SSSR count). The smallest absolute Gasteiger partial charge is 0.106 e. The van der Waals surface area contributed by atoms with Gasteiger partial charge in [0.05, 0.1) is 10.0 Å². The fourth-order valence-electron chi connectivity index (χ4n) is 1.38. The molecule has 2 nitrogen and oxygen atoms in total. The highest BCUT2D eigenvalue weighted by molar-refractivity contribution is 6.42. The lowest BCUT2D eigenvalue weighted by atomic mass is 10.0. The van der Waals surface area contributed by atoms with E-state index in [4.69, 9.17) is 23.2 Å². The Morgan fingerprint density at radius 3 is 2.47 bits per heavy atom. The van der Waals surface area contributed by atoms with Crippen LogP contribution < -0.4 is 0 Å². The van der Waals surface area contributed by atoms with E-state index < -0.39 is 6.10 Å². The van der Waals surface area contributed by atoms with Crippen LogP contribution in [-0.4, -0.2) is 10.1 Å². The highest BCUT2D eigenvalue weighted by Gasteiger charge is 2.11. The van der Waals surface area contributed by atoms with E-state index in [1.54, 1.807) is 30.6 Å². The lowest BCUT2D eigenvalue weighted by Crippen LogP contribution is -1.97. The first-order valence-electron chi connectivity index (χ1n) is 4.44. The molecule has 0 bridgehead atoms. The van der Waals surface area contributed by atoms with Gasteiger partial charge in [-0.1, -0.05) is 29.3 Å². The van der Waals surface area contributed by atoms with Crippen molar-refractivity contribution < 1.29 is 5.11 Å². The van der Waals surface area contributed by atoms with Gasteiger partial charge in [0.15, 0.2) is 0 Å². The van der Waals surface area contributed by atoms with E-state index in [1.807, 2.05) is 6.07 Å². The predicted molar refractivity (Wildman–Crippen MR) is 61.3 cm³/mol. The zero-order valence-corrected chi connectivity index (χ0v) is 9.26. The first-order chi connectivity index (χ1) is 7.18. The molecule has 0 saturated heterocycles. The van der Waals surface area contributed by atoms with E-state index in [0.717, 1.165) is 11.1 Å². The Balaban J connectivity index is 2.34. The molecule has 0 amide bonds. The van der Waals surface area contributed by atoms with Crippen LogP contribution >= 0.6 is 23.2 Å². The minimum Gasteiger partial charge on any atom is -0.384 e. The van der Waals surface area contributed by atoms with Crippen molar-refractivity contribution in [1.82, 2.24) is 4.98 Å². The molecular weight excluding hydrogens is 233 g/mol. The number of aromatic amines is 1. The molecule has 4 heteroatoms. The molecule has 1 aromatic heterocycles. The molecule has 0 aliphatic carbocycles. The topological polar surface area (TPSA) is 36.0 Å². The molecule has 1 heterocycles. The van der Waals surface area contributed by atoms with Gasteiger partial charge in [-0.2, -0.15) is 0 Å². The highest BCUT2D eigenvalue weighted by Crippen LogP contribution is 2.28. The first kappa shape index (κ1) is 10.6. The summed E-state index contributed by atoms with van der Waals surface area (Å²) in [6.45, 7) is 0. The standard InChI is InChI=1S/C11H9Cl2NO/c12-9-2-1-7(5-10(9)13)11(15)8-3-4-14-6-8/h1-6,11,14-15H. The molecule has 1 atom stereocenters. The third kappa shape index (κ3) is 2.17. The number of hydrogen-bond donors (Lipinski definition) is 2. The van der Waals surface area contributed by atoms with Gasteiger partial charge in [0.1, 0.15) is 6.10 Å². The molecule has 0 aliphatic heterocycles. The zero-order valence-electron chi connectivity index (χ0n) is 7.74. The maximum Gasteiger partial charge on any atom is 0.106 e. The van der Waals surface area contributed by atoms with Gasteiger partial charge in [0.25, 0.3) is 0 Å². The van der Waals surface area contributed by atoms with Gasteiger partial charge in [0, 0.05) is 18.0 Å². The highest BCUT2D eigenvalue weighted by atomic mass is 35.5. The zero-order chi connectivity index (χ0) is 10.8. The normalized spacial score (nSPS) is 12.7. The van der Waals surface area contributed by atoms with E-state index in [1.165, 1.54) is 0 Å². The van der Waals surface area contributed by atoms with Gasteiger partial charge in [-0.25, -0.2) is 0 Å². The van der Waals surface area contributed by atoms with Crippen LogP contribution in [0.1, 0.15) is 17.2 Å². The number of hydrogen-bond acceptors (Lipinski definition) is 1. The van der Waals surface area contributed by atoms with Crippen LogP contribution in [0.4, 0.5) is 0 Å². The van der Waals surface area contributed by atoms with Crippen molar-refractivity contribution in [2.75, 3.05) is 0 Å². The van der Waals surface area contributed by atoms with Crippen molar-refractivity contribution in [2.24, 2.45) is 0 Å². The van der Waals surface area contributed by atoms with Crippen molar-refractivity contribution >= 4 is 23.2 Å². The predicted octanol–water partition coefficient (Wildman–Crippen LogP) is 3.40. The van der Waals surface area contributed by atoms with Crippen LogP contribution in [0.3, 0.4) is 0 Å². The largest absolute Gasteiger partial charge is 0.384 e. The van der Waals surface area contributed by atoms with E-state index in [9.17, 15) is 5.11 Å². The number of aliphatic hydroxyl groups excluding tert-OH is 1. The molecule has 0 fully saturated rings. The maximum absolute atomic E-state index is 9.97. The molecular formula is C11H9Cl2NO. The Morgan fingerprint density at radius 2 is 1.87 bits per heavy atom. The SMILES string of the molecule is OC(c1cc[nH]c1)c1ccc(Cl)c(Cl)c1. The number of benzene rings is 1. The number of aromatic nitrogens is 1. The molecule has 1 unspecified atom stereocenters. The van der Waals surface area contributed by atoms with Gasteiger partial charge in [-0.15, -0.1) is 0 Å². The van der Waals surface area contributed by atoms with Crippen LogP contribution in [0.25, 0.3) is 0 Å². The third-order valence-electron chi connectivity index (χ3n) is 2.20. The van der Waals surface area contributed by atoms with E-state index in [0.29, 0.717) is 10.0 Å². The summed E-state index contributed by atoms with van der Waals surface area (Å²) in [5.74, 6) is 0. The summed E-state index contributed by atoms with van der Waals surface area (Å²) in [5, 5.41) is 10.9. The molecule has 1 aromatic carbocycles. The molecule has 0 spiro atoms. The van der Waals surface area contributed by atoms with Gasteiger partial charge in [-0.3, -0.25) is 0 Å². The summed E-state index contributed by atoms with van der Waals surface area (Å²) < 4.78 is 0. The minimum absolute atomic E-state index is 0.448. The molecule has 2 aromatic rings. The average Bonchev–Trinajstić information content (AvgIpc) is 2.74. The van der Waals surface area contributed by atoms with Gasteiger partial charge in [0.2, 0.25) is 0 Å². The molecule has 15 heavy (non-hydrogen) atoms. The number of rotatable bonds is 2. The first-order valence-corrected chi connectivity index (χ1v) is 5.20. The van der Waals surface area contributed by atoms with Crippen LogP contribution in [0.15, 0.2) is 36.7 Å². The summed E-state index contributed by atoms with van der Waals surface area (Å²) in [7, 11) is 0. The molecule has 0 aliphatic rings. The minimum atomic E-state index is -0.675. The summed E-state index contributed by atoms with van der Waals surface area (Å²) in [6, 6.07) is 6.91. The average molecular weight is 242 g/mol. The summed E-state index contributed by atoms with van der Waals surface area (Å²) >= 11 is 11.7. The quantitative estimate of drug-likeness (QED) is 0.831. The van der Waals surface area contributed by atoms with E-state index >= 15 is 0 Å². The van der Waals surface area contributed by atoms with Crippen LogP contribution in [-0.2, 0) is 0 Å². The summed E-state index contributed by atoms with van der Waals surface area (Å²) in [6.07, 6.45) is 2.83. The number of halogens is 2. The van der Waals surface area contributed by atoms with Crippen LogP contribution in [0.5, 0.6) is 0 Å². The summed E-state index contributed by atoms with van der Waals surface area (Å²) in [4.78, 5) is 2.89. The Hall–Kier alpha value is -0.960. The summed E-state index contributed by atoms with van der Waals surface area (Å²) in [5.41, 5.74) is 1.53. The van der Waals surface area contributed by atoms with Crippen molar-refractivity contribution in [3.8, 4) is 0 Å². The number of aliphatic hydroxyl groups is 1. The molecule has 78 valence electrons. The van der Waals surface area contributed by atoms with Crippen LogP contribution in [0.2, 0.25) is 10.0 Å². The van der Waals surface area contributed by atoms with Crippen molar-refractivity contribution in [2.45, 2.75) is 6.10 Å². The number of nitrogens with one attached hydrogen (secondary N) is 1.